The number of pyridine rings is 1. The number of benzene rings is 1. The van der Waals surface area contributed by atoms with Crippen molar-refractivity contribution >= 4 is 40.8 Å². The summed E-state index contributed by atoms with van der Waals surface area (Å²) in [6.45, 7) is 1.71. The second-order valence-electron chi connectivity index (χ2n) is 6.94. The molecule has 8 nitrogen and oxygen atoms in total. The first-order valence-corrected chi connectivity index (χ1v) is 9.74. The zero-order valence-electron chi connectivity index (χ0n) is 15.7. The molecule has 0 unspecified atom stereocenters. The van der Waals surface area contributed by atoms with E-state index in [9.17, 15) is 14.4 Å². The maximum Gasteiger partial charge on any atom is 0.255 e. The Labute approximate surface area is 172 Å². The van der Waals surface area contributed by atoms with E-state index < -0.39 is 0 Å². The molecule has 9 heteroatoms. The smallest absolute Gasteiger partial charge is 0.255 e. The summed E-state index contributed by atoms with van der Waals surface area (Å²) in [6, 6.07) is 8.96. The summed E-state index contributed by atoms with van der Waals surface area (Å²) in [4.78, 5) is 44.6. The number of fused-ring (bicyclic) bond motifs is 1. The lowest BCUT2D eigenvalue weighted by atomic mass is 10.1. The molecule has 4 rings (SSSR count). The lowest BCUT2D eigenvalue weighted by Gasteiger charge is -2.30. The van der Waals surface area contributed by atoms with Gasteiger partial charge in [-0.05, 0) is 23.8 Å². The van der Waals surface area contributed by atoms with Gasteiger partial charge in [-0.15, -0.1) is 0 Å². The van der Waals surface area contributed by atoms with Crippen LogP contribution in [0.3, 0.4) is 0 Å². The Morgan fingerprint density at radius 3 is 2.72 bits per heavy atom. The van der Waals surface area contributed by atoms with Gasteiger partial charge in [-0.2, -0.15) is 0 Å². The maximum atomic E-state index is 12.9. The Morgan fingerprint density at radius 1 is 1.14 bits per heavy atom. The predicted molar refractivity (Wildman–Crippen MR) is 109 cm³/mol. The highest BCUT2D eigenvalue weighted by Gasteiger charge is 2.27. The number of hydrogen-bond acceptors (Lipinski definition) is 5. The molecule has 0 atom stereocenters. The van der Waals surface area contributed by atoms with Crippen molar-refractivity contribution in [3.05, 3.63) is 52.7 Å². The van der Waals surface area contributed by atoms with E-state index in [0.717, 1.165) is 5.56 Å². The SMILES string of the molecule is O=C1CCN(C(=O)c2cnc3c(c2)N(Cc2ccc(Cl)cc2)C(=O)CN3)CCN1. The third-order valence-electron chi connectivity index (χ3n) is 4.97. The molecule has 2 aliphatic heterocycles. The van der Waals surface area contributed by atoms with Gasteiger partial charge >= 0.3 is 0 Å². The molecule has 2 aromatic rings. The molecular weight excluding hydrogens is 394 g/mol. The number of carbonyl (C=O) groups excluding carboxylic acids is 3. The van der Waals surface area contributed by atoms with E-state index in [0.29, 0.717) is 48.3 Å². The molecular formula is C20H20ClN5O3. The van der Waals surface area contributed by atoms with Gasteiger partial charge in [0.15, 0.2) is 5.82 Å². The first-order valence-electron chi connectivity index (χ1n) is 9.36. The van der Waals surface area contributed by atoms with Crippen molar-refractivity contribution in [2.75, 3.05) is 36.4 Å². The van der Waals surface area contributed by atoms with Gasteiger partial charge in [-0.1, -0.05) is 23.7 Å². The molecule has 0 aliphatic carbocycles. The molecule has 3 heterocycles. The fourth-order valence-electron chi connectivity index (χ4n) is 3.40. The number of aromatic nitrogens is 1. The van der Waals surface area contributed by atoms with Crippen LogP contribution in [-0.2, 0) is 16.1 Å². The minimum absolute atomic E-state index is 0.0622. The molecule has 1 aromatic heterocycles. The van der Waals surface area contributed by atoms with E-state index in [1.165, 1.54) is 6.20 Å². The molecule has 1 aromatic carbocycles. The second kappa shape index (κ2) is 8.08. The van der Waals surface area contributed by atoms with E-state index >= 15 is 0 Å². The zero-order valence-corrected chi connectivity index (χ0v) is 16.4. The summed E-state index contributed by atoms with van der Waals surface area (Å²) in [5.74, 6) is 0.181. The summed E-state index contributed by atoms with van der Waals surface area (Å²) in [5.41, 5.74) is 1.87. The number of amides is 3. The molecule has 0 bridgehead atoms. The third kappa shape index (κ3) is 4.17. The van der Waals surface area contributed by atoms with Gasteiger partial charge in [0.05, 0.1) is 24.3 Å². The monoisotopic (exact) mass is 413 g/mol. The quantitative estimate of drug-likeness (QED) is 0.798. The molecule has 1 saturated heterocycles. The lowest BCUT2D eigenvalue weighted by molar-refractivity contribution is -0.120. The van der Waals surface area contributed by atoms with Crippen molar-refractivity contribution < 1.29 is 14.4 Å². The van der Waals surface area contributed by atoms with Crippen molar-refractivity contribution in [2.24, 2.45) is 0 Å². The molecule has 0 spiro atoms. The number of halogens is 1. The minimum atomic E-state index is -0.207. The zero-order chi connectivity index (χ0) is 20.4. The molecule has 0 saturated carbocycles. The number of nitrogens with one attached hydrogen (secondary N) is 2. The van der Waals surface area contributed by atoms with Gasteiger partial charge in [0.2, 0.25) is 11.8 Å². The number of rotatable bonds is 3. The van der Waals surface area contributed by atoms with Gasteiger partial charge in [0.1, 0.15) is 0 Å². The van der Waals surface area contributed by atoms with Crippen LogP contribution in [-0.4, -0.2) is 53.8 Å². The molecule has 2 aliphatic rings. The molecule has 3 amide bonds. The van der Waals surface area contributed by atoms with Crippen LogP contribution in [0.5, 0.6) is 0 Å². The summed E-state index contributed by atoms with van der Waals surface area (Å²) >= 11 is 5.95. The fourth-order valence-corrected chi connectivity index (χ4v) is 3.53. The first kappa shape index (κ1) is 19.2. The standard InChI is InChI=1S/C20H20ClN5O3/c21-15-3-1-13(2-4-15)12-26-16-9-14(10-23-19(16)24-11-18(26)28)20(29)25-7-5-17(27)22-6-8-25/h1-4,9-10H,5-8,11-12H2,(H,22,27)(H,23,24). The number of anilines is 2. The summed E-state index contributed by atoms with van der Waals surface area (Å²) in [5, 5.41) is 6.38. The average Bonchev–Trinajstić information content (AvgIpc) is 2.95. The van der Waals surface area contributed by atoms with Crippen molar-refractivity contribution in [3.63, 3.8) is 0 Å². The summed E-state index contributed by atoms with van der Waals surface area (Å²) in [6.07, 6.45) is 1.78. The van der Waals surface area contributed by atoms with Crippen LogP contribution >= 0.6 is 11.6 Å². The molecule has 0 radical (unpaired) electrons. The van der Waals surface area contributed by atoms with E-state index in [1.807, 2.05) is 12.1 Å². The first-order chi connectivity index (χ1) is 14.0. The number of hydrogen-bond donors (Lipinski definition) is 2. The van der Waals surface area contributed by atoms with Crippen LogP contribution in [0.25, 0.3) is 0 Å². The Hall–Kier alpha value is -3.13. The van der Waals surface area contributed by atoms with E-state index in [2.05, 4.69) is 15.6 Å². The van der Waals surface area contributed by atoms with Gasteiger partial charge < -0.3 is 20.4 Å². The average molecular weight is 414 g/mol. The molecule has 1 fully saturated rings. The highest BCUT2D eigenvalue weighted by atomic mass is 35.5. The Balaban J connectivity index is 1.60. The summed E-state index contributed by atoms with van der Waals surface area (Å²) in [7, 11) is 0. The Kier molecular flexibility index (Phi) is 5.35. The highest BCUT2D eigenvalue weighted by Crippen LogP contribution is 2.30. The van der Waals surface area contributed by atoms with E-state index in [1.54, 1.807) is 28.0 Å². The van der Waals surface area contributed by atoms with Crippen LogP contribution in [0.4, 0.5) is 11.5 Å². The van der Waals surface area contributed by atoms with Crippen molar-refractivity contribution in [2.45, 2.75) is 13.0 Å². The van der Waals surface area contributed by atoms with Crippen molar-refractivity contribution in [1.29, 1.82) is 0 Å². The van der Waals surface area contributed by atoms with Gasteiger partial charge in [0.25, 0.3) is 5.91 Å². The van der Waals surface area contributed by atoms with Crippen LogP contribution < -0.4 is 15.5 Å². The second-order valence-corrected chi connectivity index (χ2v) is 7.38. The minimum Gasteiger partial charge on any atom is -0.359 e. The lowest BCUT2D eigenvalue weighted by Crippen LogP contribution is -2.40. The van der Waals surface area contributed by atoms with Crippen LogP contribution in [0.2, 0.25) is 5.02 Å². The topological polar surface area (TPSA) is 94.6 Å². The van der Waals surface area contributed by atoms with Gasteiger partial charge in [-0.3, -0.25) is 14.4 Å². The fraction of sp³-hybridized carbons (Fsp3) is 0.300. The molecule has 29 heavy (non-hydrogen) atoms. The highest BCUT2D eigenvalue weighted by molar-refractivity contribution is 6.30. The normalized spacial score (nSPS) is 16.6. The van der Waals surface area contributed by atoms with E-state index in [4.69, 9.17) is 11.6 Å². The third-order valence-corrected chi connectivity index (χ3v) is 5.22. The Morgan fingerprint density at radius 2 is 1.93 bits per heavy atom. The van der Waals surface area contributed by atoms with Gasteiger partial charge in [-0.25, -0.2) is 4.98 Å². The Bertz CT molecular complexity index is 963. The maximum absolute atomic E-state index is 12.9. The van der Waals surface area contributed by atoms with Crippen LogP contribution in [0, 0.1) is 0 Å². The van der Waals surface area contributed by atoms with Crippen LogP contribution in [0.1, 0.15) is 22.3 Å². The number of carbonyl (C=O) groups is 3. The van der Waals surface area contributed by atoms with Crippen molar-refractivity contribution in [3.8, 4) is 0 Å². The van der Waals surface area contributed by atoms with Crippen molar-refractivity contribution in [1.82, 2.24) is 15.2 Å². The predicted octanol–water partition coefficient (Wildman–Crippen LogP) is 1.66. The number of nitrogens with zero attached hydrogens (tertiary/aromatic N) is 3. The van der Waals surface area contributed by atoms with E-state index in [-0.39, 0.29) is 30.7 Å². The molecule has 150 valence electrons. The largest absolute Gasteiger partial charge is 0.359 e. The molecule has 2 N–H and O–H groups in total. The summed E-state index contributed by atoms with van der Waals surface area (Å²) < 4.78 is 0. The van der Waals surface area contributed by atoms with Gasteiger partial charge in [0, 0.05) is 37.3 Å². The van der Waals surface area contributed by atoms with Crippen LogP contribution in [0.15, 0.2) is 36.5 Å².